The van der Waals surface area contributed by atoms with Gasteiger partial charge in [0.05, 0.1) is 31.7 Å². The van der Waals surface area contributed by atoms with Crippen LogP contribution < -0.4 is 5.32 Å². The molecule has 3 amide bonds. The molecule has 4 heterocycles. The maximum Gasteiger partial charge on any atom is 0.490 e. The topological polar surface area (TPSA) is 167 Å². The van der Waals surface area contributed by atoms with E-state index in [4.69, 9.17) is 14.6 Å². The molecule has 0 radical (unpaired) electrons. The molecule has 16 heteroatoms. The average Bonchev–Trinajstić information content (AvgIpc) is 3.50. The van der Waals surface area contributed by atoms with Crippen LogP contribution in [0.1, 0.15) is 34.5 Å². The number of carboxylic acids is 1. The molecule has 210 valence electrons. The molecular weight excluding hydrogens is 529 g/mol. The first kappa shape index (κ1) is 28.1. The monoisotopic (exact) mass is 554 g/mol. The second-order valence-corrected chi connectivity index (χ2v) is 9.26. The Kier molecular flexibility index (Phi) is 7.72. The number of aromatic nitrogens is 3. The van der Waals surface area contributed by atoms with Gasteiger partial charge in [-0.1, -0.05) is 5.21 Å². The molecule has 39 heavy (non-hydrogen) atoms. The van der Waals surface area contributed by atoms with Crippen molar-refractivity contribution in [2.24, 2.45) is 0 Å². The number of carbonyl (C=O) groups is 4. The Hall–Kier alpha value is -3.89. The van der Waals surface area contributed by atoms with Crippen LogP contribution in [0.2, 0.25) is 0 Å². The van der Waals surface area contributed by atoms with Gasteiger partial charge in [-0.2, -0.15) is 13.2 Å². The number of rotatable bonds is 4. The summed E-state index contributed by atoms with van der Waals surface area (Å²) in [5.41, 5.74) is 1.87. The number of morpholine rings is 1. The van der Waals surface area contributed by atoms with Gasteiger partial charge in [0.2, 0.25) is 11.8 Å². The summed E-state index contributed by atoms with van der Waals surface area (Å²) in [5.74, 6) is -3.72. The Bertz CT molecular complexity index is 1300. The minimum Gasteiger partial charge on any atom is -0.475 e. The van der Waals surface area contributed by atoms with Crippen LogP contribution in [0.15, 0.2) is 24.4 Å². The third-order valence-electron chi connectivity index (χ3n) is 6.89. The minimum atomic E-state index is -5.08. The molecule has 0 aliphatic carbocycles. The number of hydrogen-bond donors (Lipinski definition) is 3. The van der Waals surface area contributed by atoms with E-state index in [1.807, 2.05) is 18.0 Å². The number of carboxylic acid groups (broad SMARTS) is 1. The summed E-state index contributed by atoms with van der Waals surface area (Å²) in [6, 6.07) is 4.69. The molecule has 1 aromatic heterocycles. The van der Waals surface area contributed by atoms with E-state index >= 15 is 0 Å². The van der Waals surface area contributed by atoms with Gasteiger partial charge in [0.25, 0.3) is 5.91 Å². The van der Waals surface area contributed by atoms with Gasteiger partial charge >= 0.3 is 12.1 Å². The van der Waals surface area contributed by atoms with Gasteiger partial charge in [-0.25, -0.2) is 9.48 Å². The lowest BCUT2D eigenvalue weighted by Crippen LogP contribution is -2.55. The summed E-state index contributed by atoms with van der Waals surface area (Å²) < 4.78 is 38.9. The lowest BCUT2D eigenvalue weighted by molar-refractivity contribution is -0.192. The van der Waals surface area contributed by atoms with E-state index in [1.165, 1.54) is 4.90 Å². The highest BCUT2D eigenvalue weighted by Gasteiger charge is 2.42. The van der Waals surface area contributed by atoms with Crippen LogP contribution in [0.3, 0.4) is 0 Å². The summed E-state index contributed by atoms with van der Waals surface area (Å²) in [6.45, 7) is 1.71. The Balaban J connectivity index is 0.000000448. The van der Waals surface area contributed by atoms with Crippen LogP contribution >= 0.6 is 0 Å². The molecule has 2 unspecified atom stereocenters. The lowest BCUT2D eigenvalue weighted by atomic mass is 9.95. The van der Waals surface area contributed by atoms with Crippen LogP contribution in [0.4, 0.5) is 13.2 Å². The molecule has 0 saturated carbocycles. The molecule has 1 aromatic carbocycles. The second kappa shape index (κ2) is 10.7. The fourth-order valence-electron chi connectivity index (χ4n) is 4.59. The quantitative estimate of drug-likeness (QED) is 0.431. The molecule has 2 saturated heterocycles. The number of benzene rings is 1. The first-order chi connectivity index (χ1) is 18.4. The zero-order valence-electron chi connectivity index (χ0n) is 20.6. The minimum absolute atomic E-state index is 0.151. The van der Waals surface area contributed by atoms with Crippen molar-refractivity contribution in [2.75, 3.05) is 33.4 Å². The molecule has 13 nitrogen and oxygen atoms in total. The molecule has 0 bridgehead atoms. The van der Waals surface area contributed by atoms with Crippen molar-refractivity contribution in [3.8, 4) is 5.69 Å². The zero-order valence-corrected chi connectivity index (χ0v) is 20.6. The van der Waals surface area contributed by atoms with Crippen molar-refractivity contribution in [1.29, 1.82) is 0 Å². The van der Waals surface area contributed by atoms with E-state index in [2.05, 4.69) is 15.6 Å². The number of likely N-dealkylation sites (N-methyl/N-ethyl adjacent to an activating group) is 1. The molecule has 0 spiro atoms. The number of aliphatic carboxylic acids is 1. The average molecular weight is 554 g/mol. The number of imide groups is 1. The lowest BCUT2D eigenvalue weighted by Gasteiger charge is -2.42. The molecule has 2 aromatic rings. The number of amides is 3. The Morgan fingerprint density at radius 3 is 2.62 bits per heavy atom. The molecule has 3 N–H and O–H groups in total. The number of halogens is 3. The van der Waals surface area contributed by atoms with Crippen LogP contribution in [-0.2, 0) is 31.2 Å². The van der Waals surface area contributed by atoms with Gasteiger partial charge in [-0.05, 0) is 37.2 Å². The summed E-state index contributed by atoms with van der Waals surface area (Å²) >= 11 is 0. The van der Waals surface area contributed by atoms with E-state index in [-0.39, 0.29) is 31.4 Å². The summed E-state index contributed by atoms with van der Waals surface area (Å²) in [6.07, 6.45) is -2.78. The van der Waals surface area contributed by atoms with Gasteiger partial charge < -0.3 is 19.8 Å². The van der Waals surface area contributed by atoms with Crippen molar-refractivity contribution in [3.63, 3.8) is 0 Å². The smallest absolute Gasteiger partial charge is 0.475 e. The standard InChI is InChI=1S/C21H24N6O5.C2HF3O2/c1-25-6-7-32-12-21(25,11-28)17-10-27(24-23-17)14-2-3-15-13(8-14)9-26(20(15)31)16-4-5-18(29)22-19(16)30;3-2(4,5)1(6)7/h2-3,8,10,16,28H,4-7,9,11-12H2,1H3,(H,22,29,30);(H,6,7). The number of aliphatic hydroxyl groups is 1. The van der Waals surface area contributed by atoms with Gasteiger partial charge in [-0.3, -0.25) is 24.6 Å². The molecule has 3 aliphatic rings. The number of hydrogen-bond acceptors (Lipinski definition) is 9. The molecular formula is C23H25F3N6O7. The molecule has 3 aliphatic heterocycles. The van der Waals surface area contributed by atoms with Crippen LogP contribution in [0, 0.1) is 0 Å². The van der Waals surface area contributed by atoms with Gasteiger partial charge in [0.1, 0.15) is 17.3 Å². The maximum absolute atomic E-state index is 12.9. The SMILES string of the molecule is CN1CCOCC1(CO)c1cn(-c2ccc3c(c2)CN(C2CCC(=O)NC2=O)C3=O)nn1.O=C(O)C(F)(F)F. The number of alkyl halides is 3. The first-order valence-corrected chi connectivity index (χ1v) is 11.8. The van der Waals surface area contributed by atoms with Crippen LogP contribution in [0.25, 0.3) is 5.69 Å². The third kappa shape index (κ3) is 5.48. The van der Waals surface area contributed by atoms with E-state index in [1.54, 1.807) is 23.0 Å². The molecule has 2 atom stereocenters. The summed E-state index contributed by atoms with van der Waals surface area (Å²) in [4.78, 5) is 49.0. The summed E-state index contributed by atoms with van der Waals surface area (Å²) in [5, 5.41) is 28.1. The van der Waals surface area contributed by atoms with Crippen LogP contribution in [0.5, 0.6) is 0 Å². The second-order valence-electron chi connectivity index (χ2n) is 9.26. The van der Waals surface area contributed by atoms with Crippen molar-refractivity contribution < 1.29 is 47.3 Å². The molecule has 5 rings (SSSR count). The third-order valence-corrected chi connectivity index (χ3v) is 6.89. The van der Waals surface area contributed by atoms with Crippen molar-refractivity contribution >= 4 is 23.7 Å². The predicted octanol–water partition coefficient (Wildman–Crippen LogP) is -0.189. The largest absolute Gasteiger partial charge is 0.490 e. The molecule has 2 fully saturated rings. The van der Waals surface area contributed by atoms with Crippen molar-refractivity contribution in [1.82, 2.24) is 30.1 Å². The highest BCUT2D eigenvalue weighted by atomic mass is 19.4. The number of aliphatic hydroxyl groups excluding tert-OH is 1. The number of piperidine rings is 1. The number of fused-ring (bicyclic) bond motifs is 1. The number of carbonyl (C=O) groups excluding carboxylic acids is 3. The normalized spacial score (nSPS) is 23.7. The van der Waals surface area contributed by atoms with E-state index < -0.39 is 29.6 Å². The highest BCUT2D eigenvalue weighted by molar-refractivity contribution is 6.05. The first-order valence-electron chi connectivity index (χ1n) is 11.8. The highest BCUT2D eigenvalue weighted by Crippen LogP contribution is 2.31. The van der Waals surface area contributed by atoms with E-state index in [0.717, 1.165) is 5.56 Å². The van der Waals surface area contributed by atoms with Gasteiger partial charge in [-0.15, -0.1) is 5.10 Å². The fraction of sp³-hybridized carbons (Fsp3) is 0.478. The fourth-order valence-corrected chi connectivity index (χ4v) is 4.59. The van der Waals surface area contributed by atoms with Crippen LogP contribution in [-0.4, -0.2) is 104 Å². The van der Waals surface area contributed by atoms with Gasteiger partial charge in [0.15, 0.2) is 0 Å². The van der Waals surface area contributed by atoms with E-state index in [9.17, 15) is 32.7 Å². The maximum atomic E-state index is 12.9. The Morgan fingerprint density at radius 1 is 1.28 bits per heavy atom. The predicted molar refractivity (Wildman–Crippen MR) is 123 cm³/mol. The Morgan fingerprint density at radius 2 is 2.00 bits per heavy atom. The Labute approximate surface area is 219 Å². The van der Waals surface area contributed by atoms with Crippen molar-refractivity contribution in [3.05, 3.63) is 41.2 Å². The zero-order chi connectivity index (χ0) is 28.5. The number of nitrogens with one attached hydrogen (secondary N) is 1. The number of ether oxygens (including phenoxy) is 1. The van der Waals surface area contributed by atoms with Crippen molar-refractivity contribution in [2.45, 2.75) is 37.1 Å². The number of nitrogens with zero attached hydrogens (tertiary/aromatic N) is 5. The summed E-state index contributed by atoms with van der Waals surface area (Å²) in [7, 11) is 1.92. The van der Waals surface area contributed by atoms with E-state index in [0.29, 0.717) is 43.1 Å². The van der Waals surface area contributed by atoms with Gasteiger partial charge in [0, 0.05) is 25.1 Å².